The molecule has 32 heavy (non-hydrogen) atoms. The van der Waals surface area contributed by atoms with Gasteiger partial charge in [-0.1, -0.05) is 36.4 Å². The highest BCUT2D eigenvalue weighted by atomic mass is 16.5. The molecule has 0 aliphatic carbocycles. The number of hydrogen-bond acceptors (Lipinski definition) is 6. The maximum atomic E-state index is 11.5. The minimum Gasteiger partial charge on any atom is -0.462 e. The van der Waals surface area contributed by atoms with Crippen molar-refractivity contribution in [2.24, 2.45) is 0 Å². The van der Waals surface area contributed by atoms with E-state index in [0.717, 1.165) is 11.1 Å². The van der Waals surface area contributed by atoms with Crippen LogP contribution in [0.5, 0.6) is 11.5 Å². The van der Waals surface area contributed by atoms with Crippen LogP contribution in [0.25, 0.3) is 11.1 Å². The Morgan fingerprint density at radius 3 is 1.25 bits per heavy atom. The number of hydrogen-bond donors (Lipinski definition) is 0. The van der Waals surface area contributed by atoms with E-state index in [1.165, 1.54) is 25.0 Å². The maximum Gasteiger partial charge on any atom is 0.338 e. The molecule has 0 spiro atoms. The lowest BCUT2D eigenvalue weighted by Crippen LogP contribution is -2.00. The predicted octanol–water partition coefficient (Wildman–Crippen LogP) is 6.07. The third kappa shape index (κ3) is 7.65. The van der Waals surface area contributed by atoms with Crippen LogP contribution in [0, 0.1) is 0 Å². The van der Waals surface area contributed by atoms with Crippen LogP contribution in [-0.2, 0) is 19.1 Å². The Bertz CT molecular complexity index is 939. The van der Waals surface area contributed by atoms with Crippen molar-refractivity contribution in [2.75, 3.05) is 0 Å². The number of carbonyl (C=O) groups excluding carboxylic acids is 2. The summed E-state index contributed by atoms with van der Waals surface area (Å²) >= 11 is 0. The Hall–Kier alpha value is -4.06. The van der Waals surface area contributed by atoms with Crippen LogP contribution in [0.1, 0.15) is 27.7 Å². The molecule has 6 heteroatoms. The van der Waals surface area contributed by atoms with Gasteiger partial charge in [-0.2, -0.15) is 0 Å². The number of benzene rings is 2. The van der Waals surface area contributed by atoms with Gasteiger partial charge in [-0.25, -0.2) is 9.59 Å². The normalized spacial score (nSPS) is 12.1. The first-order chi connectivity index (χ1) is 15.4. The van der Waals surface area contributed by atoms with Crippen LogP contribution in [0.2, 0.25) is 0 Å². The van der Waals surface area contributed by atoms with E-state index in [0.29, 0.717) is 22.6 Å². The molecule has 2 aromatic rings. The lowest BCUT2D eigenvalue weighted by Gasteiger charge is -2.06. The molecule has 0 saturated heterocycles. The molecule has 2 rings (SSSR count). The molecule has 0 radical (unpaired) electrons. The molecule has 0 aromatic heterocycles. The summed E-state index contributed by atoms with van der Waals surface area (Å²) in [6.45, 7) is 6.88. The van der Waals surface area contributed by atoms with Gasteiger partial charge in [-0.05, 0) is 63.1 Å². The molecule has 0 N–H and O–H groups in total. The van der Waals surface area contributed by atoms with Crippen molar-refractivity contribution in [3.8, 4) is 22.6 Å². The fourth-order valence-corrected chi connectivity index (χ4v) is 2.27. The summed E-state index contributed by atoms with van der Waals surface area (Å²) in [6, 6.07) is 14.9. The van der Waals surface area contributed by atoms with Gasteiger partial charge >= 0.3 is 11.9 Å². The van der Waals surface area contributed by atoms with Gasteiger partial charge in [0, 0.05) is 11.1 Å². The standard InChI is InChI=1S/C26H26O6/c1-5-19(3)25(27)31-17-15-29-23-11-7-21(8-12-23)22-9-13-24(14-10-22)30-16-18-32-26(28)20(4)6-2/h5-18H,1-4H3/b17-15-,18-16-,19-5-,20-6-. The Labute approximate surface area is 188 Å². The zero-order valence-electron chi connectivity index (χ0n) is 18.5. The average molecular weight is 434 g/mol. The first-order valence-electron chi connectivity index (χ1n) is 9.96. The van der Waals surface area contributed by atoms with Gasteiger partial charge in [0.15, 0.2) is 0 Å². The van der Waals surface area contributed by atoms with Gasteiger partial charge in [-0.3, -0.25) is 0 Å². The zero-order valence-corrected chi connectivity index (χ0v) is 18.5. The Morgan fingerprint density at radius 2 is 0.938 bits per heavy atom. The minimum atomic E-state index is -0.421. The largest absolute Gasteiger partial charge is 0.462 e. The first kappa shape index (κ1) is 24.2. The molecule has 0 fully saturated rings. The predicted molar refractivity (Wildman–Crippen MR) is 122 cm³/mol. The molecular formula is C26H26O6. The van der Waals surface area contributed by atoms with Gasteiger partial charge in [0.1, 0.15) is 36.5 Å². The van der Waals surface area contributed by atoms with Crippen molar-refractivity contribution in [2.45, 2.75) is 27.7 Å². The van der Waals surface area contributed by atoms with E-state index in [1.54, 1.807) is 39.8 Å². The molecule has 6 nitrogen and oxygen atoms in total. The fraction of sp³-hybridized carbons (Fsp3) is 0.154. The summed E-state index contributed by atoms with van der Waals surface area (Å²) in [5.74, 6) is 0.374. The van der Waals surface area contributed by atoms with Crippen LogP contribution >= 0.6 is 0 Å². The number of carbonyl (C=O) groups is 2. The van der Waals surface area contributed by atoms with Crippen molar-refractivity contribution in [3.05, 3.63) is 96.9 Å². The Balaban J connectivity index is 1.86. The van der Waals surface area contributed by atoms with Crippen molar-refractivity contribution in [1.29, 1.82) is 0 Å². The van der Waals surface area contributed by atoms with E-state index >= 15 is 0 Å². The van der Waals surface area contributed by atoms with E-state index < -0.39 is 11.9 Å². The van der Waals surface area contributed by atoms with E-state index in [4.69, 9.17) is 18.9 Å². The molecule has 0 aliphatic rings. The van der Waals surface area contributed by atoms with E-state index in [1.807, 2.05) is 48.5 Å². The third-order valence-electron chi connectivity index (χ3n) is 4.42. The summed E-state index contributed by atoms with van der Waals surface area (Å²) in [5.41, 5.74) is 3.03. The van der Waals surface area contributed by atoms with E-state index in [9.17, 15) is 9.59 Å². The fourth-order valence-electron chi connectivity index (χ4n) is 2.27. The van der Waals surface area contributed by atoms with E-state index in [-0.39, 0.29) is 0 Å². The lowest BCUT2D eigenvalue weighted by atomic mass is 10.1. The highest BCUT2D eigenvalue weighted by Crippen LogP contribution is 2.25. The monoisotopic (exact) mass is 434 g/mol. The lowest BCUT2D eigenvalue weighted by molar-refractivity contribution is -0.134. The first-order valence-corrected chi connectivity index (χ1v) is 9.96. The zero-order chi connectivity index (χ0) is 23.3. The second-order valence-electron chi connectivity index (χ2n) is 6.58. The summed E-state index contributed by atoms with van der Waals surface area (Å²) in [7, 11) is 0. The van der Waals surface area contributed by atoms with Gasteiger partial charge in [0.05, 0.1) is 0 Å². The average Bonchev–Trinajstić information content (AvgIpc) is 2.83. The second-order valence-corrected chi connectivity index (χ2v) is 6.58. The second kappa shape index (κ2) is 12.6. The van der Waals surface area contributed by atoms with Gasteiger partial charge in [0.25, 0.3) is 0 Å². The van der Waals surface area contributed by atoms with Gasteiger partial charge in [-0.15, -0.1) is 0 Å². The SMILES string of the molecule is C/C=C(/C)C(=O)O/C=C\Oc1ccc(-c2ccc(O/C=C\OC(=O)/C(C)=C\C)cc2)cc1. The number of esters is 2. The summed E-state index contributed by atoms with van der Waals surface area (Å²) in [6.07, 6.45) is 8.39. The highest BCUT2D eigenvalue weighted by molar-refractivity contribution is 5.88. The highest BCUT2D eigenvalue weighted by Gasteiger charge is 2.03. The molecule has 0 saturated carbocycles. The van der Waals surface area contributed by atoms with Crippen LogP contribution < -0.4 is 9.47 Å². The molecule has 0 bridgehead atoms. The summed E-state index contributed by atoms with van der Waals surface area (Å²) in [4.78, 5) is 23.0. The topological polar surface area (TPSA) is 71.1 Å². The van der Waals surface area contributed by atoms with E-state index in [2.05, 4.69) is 0 Å². The Morgan fingerprint density at radius 1 is 0.594 bits per heavy atom. The molecule has 0 heterocycles. The van der Waals surface area contributed by atoms with Crippen LogP contribution in [0.4, 0.5) is 0 Å². The summed E-state index contributed by atoms with van der Waals surface area (Å²) < 4.78 is 20.7. The molecule has 0 unspecified atom stereocenters. The number of rotatable bonds is 9. The Kier molecular flexibility index (Phi) is 9.53. The van der Waals surface area contributed by atoms with Crippen LogP contribution in [0.15, 0.2) is 96.9 Å². The summed E-state index contributed by atoms with van der Waals surface area (Å²) in [5, 5.41) is 0. The molecule has 0 amide bonds. The molecule has 0 atom stereocenters. The third-order valence-corrected chi connectivity index (χ3v) is 4.42. The van der Waals surface area contributed by atoms with Crippen LogP contribution in [-0.4, -0.2) is 11.9 Å². The van der Waals surface area contributed by atoms with Crippen molar-refractivity contribution in [1.82, 2.24) is 0 Å². The number of allylic oxidation sites excluding steroid dienone is 2. The van der Waals surface area contributed by atoms with Crippen molar-refractivity contribution >= 4 is 11.9 Å². The maximum absolute atomic E-state index is 11.5. The quantitative estimate of drug-likeness (QED) is 0.271. The van der Waals surface area contributed by atoms with Crippen molar-refractivity contribution < 1.29 is 28.5 Å². The minimum absolute atomic E-state index is 0.421. The molecule has 2 aromatic carbocycles. The molecule has 0 aliphatic heterocycles. The van der Waals surface area contributed by atoms with Gasteiger partial charge < -0.3 is 18.9 Å². The molecular weight excluding hydrogens is 408 g/mol. The van der Waals surface area contributed by atoms with Gasteiger partial charge in [0.2, 0.25) is 0 Å². The number of ether oxygens (including phenoxy) is 4. The molecule has 166 valence electrons. The smallest absolute Gasteiger partial charge is 0.338 e. The van der Waals surface area contributed by atoms with Crippen molar-refractivity contribution in [3.63, 3.8) is 0 Å². The van der Waals surface area contributed by atoms with Crippen LogP contribution in [0.3, 0.4) is 0 Å².